The minimum atomic E-state index is -1.58. The monoisotopic (exact) mass is 636 g/mol. The summed E-state index contributed by atoms with van der Waals surface area (Å²) in [5.74, 6) is -4.20. The van der Waals surface area contributed by atoms with Crippen LogP contribution in [0.15, 0.2) is 60.7 Å². The van der Waals surface area contributed by atoms with Gasteiger partial charge in [-0.15, -0.1) is 0 Å². The third-order valence-corrected chi connectivity index (χ3v) is 10.4. The van der Waals surface area contributed by atoms with E-state index >= 15 is 0 Å². The van der Waals surface area contributed by atoms with E-state index in [2.05, 4.69) is 0 Å². The molecule has 1 spiro atoms. The van der Waals surface area contributed by atoms with Crippen LogP contribution in [-0.4, -0.2) is 70.7 Å². The van der Waals surface area contributed by atoms with E-state index in [1.54, 1.807) is 88.4 Å². The first-order chi connectivity index (χ1) is 21.7. The summed E-state index contributed by atoms with van der Waals surface area (Å²) in [6.45, 7) is 12.1. The summed E-state index contributed by atoms with van der Waals surface area (Å²) in [5, 5.41) is 12.1. The molecule has 0 aromatic heterocycles. The van der Waals surface area contributed by atoms with Crippen molar-refractivity contribution in [3.63, 3.8) is 0 Å². The topological polar surface area (TPSA) is 135 Å². The summed E-state index contributed by atoms with van der Waals surface area (Å²) in [6.07, 6.45) is -5.35. The predicted molar refractivity (Wildman–Crippen MR) is 165 cm³/mol. The molecule has 2 aliphatic carbocycles. The van der Waals surface area contributed by atoms with E-state index in [0.29, 0.717) is 12.0 Å². The lowest BCUT2D eigenvalue weighted by Crippen LogP contribution is -2.78. The molecule has 1 aliphatic heterocycles. The number of aliphatic hydroxyl groups excluding tert-OH is 1. The lowest BCUT2D eigenvalue weighted by Gasteiger charge is -2.63. The van der Waals surface area contributed by atoms with Crippen molar-refractivity contribution in [1.82, 2.24) is 0 Å². The fourth-order valence-electron chi connectivity index (χ4n) is 8.08. The molecule has 46 heavy (non-hydrogen) atoms. The highest BCUT2D eigenvalue weighted by Gasteiger charge is 2.83. The highest BCUT2D eigenvalue weighted by molar-refractivity contribution is 5.90. The van der Waals surface area contributed by atoms with Crippen molar-refractivity contribution in [2.45, 2.75) is 103 Å². The Kier molecular flexibility index (Phi) is 9.09. The molecular weight excluding hydrogens is 592 g/mol. The molecule has 248 valence electrons. The number of esters is 4. The van der Waals surface area contributed by atoms with Crippen LogP contribution in [-0.2, 0) is 33.3 Å². The van der Waals surface area contributed by atoms with Gasteiger partial charge in [0.15, 0.2) is 6.10 Å². The van der Waals surface area contributed by atoms with Gasteiger partial charge in [0.05, 0.1) is 34.0 Å². The second kappa shape index (κ2) is 12.4. The molecule has 10 heteroatoms. The number of carbonyl (C=O) groups is 4. The Bertz CT molecular complexity index is 1460. The van der Waals surface area contributed by atoms with Gasteiger partial charge in [-0.05, 0) is 63.8 Å². The minimum absolute atomic E-state index is 0.157. The maximum absolute atomic E-state index is 13.8. The summed E-state index contributed by atoms with van der Waals surface area (Å²) < 4.78 is 31.6. The molecular formula is C36H44O10. The summed E-state index contributed by atoms with van der Waals surface area (Å²) in [7, 11) is 0. The molecule has 2 bridgehead atoms. The number of rotatable bonds is 8. The highest BCUT2D eigenvalue weighted by atomic mass is 16.6. The van der Waals surface area contributed by atoms with Crippen LogP contribution in [0.25, 0.3) is 0 Å². The van der Waals surface area contributed by atoms with E-state index in [9.17, 15) is 24.3 Å². The van der Waals surface area contributed by atoms with Gasteiger partial charge in [-0.2, -0.15) is 0 Å². The van der Waals surface area contributed by atoms with E-state index in [4.69, 9.17) is 23.7 Å². The second-order valence-corrected chi connectivity index (χ2v) is 13.6. The Hall–Kier alpha value is -3.76. The van der Waals surface area contributed by atoms with E-state index in [1.807, 2.05) is 13.8 Å². The van der Waals surface area contributed by atoms with E-state index in [-0.39, 0.29) is 12.0 Å². The first-order valence-corrected chi connectivity index (χ1v) is 16.0. The van der Waals surface area contributed by atoms with Gasteiger partial charge in [-0.1, -0.05) is 57.2 Å². The number of carbonyl (C=O) groups excluding carboxylic acids is 4. The van der Waals surface area contributed by atoms with Crippen LogP contribution >= 0.6 is 0 Å². The predicted octanol–water partition coefficient (Wildman–Crippen LogP) is 4.91. The molecule has 3 fully saturated rings. The average molecular weight is 637 g/mol. The van der Waals surface area contributed by atoms with Gasteiger partial charge in [0, 0.05) is 6.92 Å². The quantitative estimate of drug-likeness (QED) is 0.315. The van der Waals surface area contributed by atoms with Crippen molar-refractivity contribution in [2.75, 3.05) is 0 Å². The normalized spacial score (nSPS) is 34.8. The molecule has 2 saturated carbocycles. The molecule has 2 aromatic rings. The minimum Gasteiger partial charge on any atom is -0.459 e. The van der Waals surface area contributed by atoms with E-state index in [1.165, 1.54) is 6.92 Å². The van der Waals surface area contributed by atoms with E-state index in [0.717, 1.165) is 0 Å². The van der Waals surface area contributed by atoms with Gasteiger partial charge >= 0.3 is 23.9 Å². The summed E-state index contributed by atoms with van der Waals surface area (Å²) in [4.78, 5) is 53.4. The molecule has 1 N–H and O–H groups in total. The Balaban J connectivity index is 1.70. The SMILES string of the molecule is CCC(C)C(=O)OC1C2C(O)C(OC(C)=O)C3(C)C(OC(=O)c4ccccc4)C(OC(=O)c4ccccc4)CC(C)C13OC2(C)C. The summed E-state index contributed by atoms with van der Waals surface area (Å²) in [5.41, 5.74) is -3.52. The fourth-order valence-corrected chi connectivity index (χ4v) is 8.08. The van der Waals surface area contributed by atoms with Crippen LogP contribution in [0.3, 0.4) is 0 Å². The first-order valence-electron chi connectivity index (χ1n) is 16.0. The molecule has 10 unspecified atom stereocenters. The van der Waals surface area contributed by atoms with Crippen molar-refractivity contribution in [1.29, 1.82) is 0 Å². The maximum Gasteiger partial charge on any atom is 0.338 e. The van der Waals surface area contributed by atoms with Gasteiger partial charge in [-0.3, -0.25) is 9.59 Å². The highest BCUT2D eigenvalue weighted by Crippen LogP contribution is 2.68. The molecule has 5 rings (SSSR count). The number of aliphatic hydroxyl groups is 1. The smallest absolute Gasteiger partial charge is 0.338 e. The molecule has 1 heterocycles. The molecule has 10 nitrogen and oxygen atoms in total. The van der Waals surface area contributed by atoms with Gasteiger partial charge in [-0.25, -0.2) is 9.59 Å². The third kappa shape index (κ3) is 5.39. The molecule has 3 aliphatic rings. The maximum atomic E-state index is 13.8. The Morgan fingerprint density at radius 3 is 1.91 bits per heavy atom. The summed E-state index contributed by atoms with van der Waals surface area (Å²) in [6, 6.07) is 16.8. The second-order valence-electron chi connectivity index (χ2n) is 13.6. The standard InChI is InChI=1S/C36H44O10/c1-8-20(2)31(39)45-29-26-27(38)30(42-22(4)37)35(7)28(44-33(41)24-17-13-10-14-18-24)25(43-32(40)23-15-11-9-12-16-23)19-21(3)36(29,35)46-34(26,5)6/h9-18,20-21,25-30,38H,8,19H2,1-7H3. The zero-order valence-electron chi connectivity index (χ0n) is 27.4. The van der Waals surface area contributed by atoms with Crippen molar-refractivity contribution >= 4 is 23.9 Å². The van der Waals surface area contributed by atoms with Gasteiger partial charge < -0.3 is 28.8 Å². The lowest BCUT2D eigenvalue weighted by atomic mass is 9.47. The lowest BCUT2D eigenvalue weighted by molar-refractivity contribution is -0.313. The number of ether oxygens (including phenoxy) is 5. The van der Waals surface area contributed by atoms with Gasteiger partial charge in [0.25, 0.3) is 0 Å². The van der Waals surface area contributed by atoms with Gasteiger partial charge in [0.1, 0.15) is 30.0 Å². The molecule has 1 saturated heterocycles. The molecule has 0 amide bonds. The Labute approximate surface area is 269 Å². The fraction of sp³-hybridized carbons (Fsp3) is 0.556. The van der Waals surface area contributed by atoms with E-state index < -0.39 is 88.8 Å². The Morgan fingerprint density at radius 1 is 0.848 bits per heavy atom. The van der Waals surface area contributed by atoms with Crippen LogP contribution in [0.4, 0.5) is 0 Å². The van der Waals surface area contributed by atoms with Gasteiger partial charge in [0.2, 0.25) is 0 Å². The third-order valence-electron chi connectivity index (χ3n) is 10.4. The van der Waals surface area contributed by atoms with Crippen molar-refractivity contribution < 1.29 is 48.0 Å². The largest absolute Gasteiger partial charge is 0.459 e. The van der Waals surface area contributed by atoms with Crippen molar-refractivity contribution in [3.05, 3.63) is 71.8 Å². The van der Waals surface area contributed by atoms with Crippen LogP contribution in [0.2, 0.25) is 0 Å². The number of hydrogen-bond donors (Lipinski definition) is 1. The first kappa shape index (κ1) is 33.6. The van der Waals surface area contributed by atoms with Crippen LogP contribution < -0.4 is 0 Å². The van der Waals surface area contributed by atoms with Crippen molar-refractivity contribution in [3.8, 4) is 0 Å². The zero-order chi connectivity index (χ0) is 33.6. The Morgan fingerprint density at radius 2 is 1.39 bits per heavy atom. The number of benzene rings is 2. The molecule has 2 aromatic carbocycles. The molecule has 0 radical (unpaired) electrons. The number of fused-ring (bicyclic) bond motifs is 1. The average Bonchev–Trinajstić information content (AvgIpc) is 3.24. The van der Waals surface area contributed by atoms with Crippen LogP contribution in [0.1, 0.15) is 82.0 Å². The van der Waals surface area contributed by atoms with Crippen LogP contribution in [0, 0.1) is 23.2 Å². The molecule has 10 atom stereocenters. The van der Waals surface area contributed by atoms with Crippen LogP contribution in [0.5, 0.6) is 0 Å². The number of hydrogen-bond acceptors (Lipinski definition) is 10. The zero-order valence-corrected chi connectivity index (χ0v) is 27.4. The summed E-state index contributed by atoms with van der Waals surface area (Å²) >= 11 is 0. The van der Waals surface area contributed by atoms with Crippen molar-refractivity contribution in [2.24, 2.45) is 23.2 Å².